The van der Waals surface area contributed by atoms with Crippen molar-refractivity contribution in [2.45, 2.75) is 63.9 Å². The van der Waals surface area contributed by atoms with E-state index in [9.17, 15) is 4.79 Å². The van der Waals surface area contributed by atoms with Crippen molar-refractivity contribution >= 4 is 5.97 Å². The summed E-state index contributed by atoms with van der Waals surface area (Å²) in [6.45, 7) is 9.99. The second kappa shape index (κ2) is 5.14. The van der Waals surface area contributed by atoms with Crippen LogP contribution in [0.4, 0.5) is 0 Å². The van der Waals surface area contributed by atoms with Gasteiger partial charge < -0.3 is 4.74 Å². The molecule has 1 spiro atoms. The molecule has 1 unspecified atom stereocenters. The first kappa shape index (κ1) is 15.1. The van der Waals surface area contributed by atoms with Crippen molar-refractivity contribution in [3.05, 3.63) is 52.8 Å². The second-order valence-corrected chi connectivity index (χ2v) is 7.05. The molecule has 0 N–H and O–H groups in total. The number of esters is 1. The molecule has 1 aliphatic carbocycles. The Morgan fingerprint density at radius 3 is 2.32 bits per heavy atom. The first-order chi connectivity index (χ1) is 10.4. The zero-order valence-electron chi connectivity index (χ0n) is 13.8. The fourth-order valence-electron chi connectivity index (χ4n) is 4.63. The minimum absolute atomic E-state index is 0.124. The molecular weight excluding hydrogens is 272 g/mol. The standard InChI is InChI=1S/C20H24O2/c1-5-8-20(17-15(3)11-14(2)12-16(17)4)13-19(22-18(20)21)9-6-7-10-19/h8,11-12H,1,6-7,9-10,13H2,2-4H3. The van der Waals surface area contributed by atoms with E-state index in [1.54, 1.807) is 0 Å². The number of aryl methyl sites for hydroxylation is 3. The minimum atomic E-state index is -0.714. The molecule has 116 valence electrons. The van der Waals surface area contributed by atoms with Crippen LogP contribution in [0.25, 0.3) is 0 Å². The van der Waals surface area contributed by atoms with E-state index in [2.05, 4.69) is 45.2 Å². The average molecular weight is 296 g/mol. The fraction of sp³-hybridized carbons (Fsp3) is 0.500. The highest BCUT2D eigenvalue weighted by molar-refractivity contribution is 5.89. The molecule has 1 saturated carbocycles. The van der Waals surface area contributed by atoms with Gasteiger partial charge in [0.2, 0.25) is 0 Å². The van der Waals surface area contributed by atoms with Crippen LogP contribution in [0.1, 0.15) is 54.4 Å². The molecule has 1 aromatic rings. The van der Waals surface area contributed by atoms with Gasteiger partial charge in [-0.15, -0.1) is 5.73 Å². The van der Waals surface area contributed by atoms with Crippen molar-refractivity contribution in [1.82, 2.24) is 0 Å². The molecule has 22 heavy (non-hydrogen) atoms. The molecule has 2 heteroatoms. The Hall–Kier alpha value is -1.79. The van der Waals surface area contributed by atoms with Crippen molar-refractivity contribution in [2.24, 2.45) is 0 Å². The summed E-state index contributed by atoms with van der Waals surface area (Å²) in [7, 11) is 0. The number of carbonyl (C=O) groups is 1. The maximum atomic E-state index is 12.9. The van der Waals surface area contributed by atoms with Crippen molar-refractivity contribution in [1.29, 1.82) is 0 Å². The highest BCUT2D eigenvalue weighted by Gasteiger charge is 2.57. The smallest absolute Gasteiger partial charge is 0.321 e. The summed E-state index contributed by atoms with van der Waals surface area (Å²) >= 11 is 0. The largest absolute Gasteiger partial charge is 0.458 e. The van der Waals surface area contributed by atoms with Crippen LogP contribution < -0.4 is 0 Å². The van der Waals surface area contributed by atoms with E-state index >= 15 is 0 Å². The van der Waals surface area contributed by atoms with E-state index in [0.717, 1.165) is 48.8 Å². The molecule has 1 saturated heterocycles. The maximum Gasteiger partial charge on any atom is 0.321 e. The third-order valence-corrected chi connectivity index (χ3v) is 5.26. The van der Waals surface area contributed by atoms with E-state index in [0.29, 0.717) is 0 Å². The third-order valence-electron chi connectivity index (χ3n) is 5.26. The first-order valence-corrected chi connectivity index (χ1v) is 8.11. The van der Waals surface area contributed by atoms with Crippen molar-refractivity contribution in [3.63, 3.8) is 0 Å². The Bertz CT molecular complexity index is 650. The summed E-state index contributed by atoms with van der Waals surface area (Å²) in [6.07, 6.45) is 6.82. The molecule has 0 bridgehead atoms. The summed E-state index contributed by atoms with van der Waals surface area (Å²) in [6, 6.07) is 4.29. The van der Waals surface area contributed by atoms with Gasteiger partial charge in [-0.3, -0.25) is 4.79 Å². The highest BCUT2D eigenvalue weighted by Crippen LogP contribution is 2.52. The van der Waals surface area contributed by atoms with Crippen molar-refractivity contribution in [2.75, 3.05) is 0 Å². The molecule has 1 heterocycles. The van der Waals surface area contributed by atoms with Crippen LogP contribution in [0.15, 0.2) is 30.5 Å². The SMILES string of the molecule is C=C=CC1(c2c(C)cc(C)cc2C)CC2(CCCC2)OC1=O. The van der Waals surface area contributed by atoms with Gasteiger partial charge in [0, 0.05) is 6.42 Å². The molecule has 1 aromatic carbocycles. The molecule has 0 aromatic heterocycles. The van der Waals surface area contributed by atoms with Crippen LogP contribution in [0, 0.1) is 20.8 Å². The summed E-state index contributed by atoms with van der Waals surface area (Å²) in [4.78, 5) is 12.9. The number of hydrogen-bond acceptors (Lipinski definition) is 2. The summed E-state index contributed by atoms with van der Waals surface area (Å²) in [5.74, 6) is -0.124. The van der Waals surface area contributed by atoms with Gasteiger partial charge in [0.25, 0.3) is 0 Å². The summed E-state index contributed by atoms with van der Waals surface area (Å²) in [5, 5.41) is 0. The van der Waals surface area contributed by atoms with Gasteiger partial charge >= 0.3 is 5.97 Å². The summed E-state index contributed by atoms with van der Waals surface area (Å²) < 4.78 is 5.94. The van der Waals surface area contributed by atoms with Gasteiger partial charge in [-0.2, -0.15) is 0 Å². The molecule has 0 radical (unpaired) electrons. The first-order valence-electron chi connectivity index (χ1n) is 8.11. The topological polar surface area (TPSA) is 26.3 Å². The van der Waals surface area contributed by atoms with Gasteiger partial charge in [-0.05, 0) is 69.2 Å². The van der Waals surface area contributed by atoms with Crippen molar-refractivity contribution in [3.8, 4) is 0 Å². The predicted octanol–water partition coefficient (Wildman–Crippen LogP) is 4.45. The normalized spacial score (nSPS) is 26.0. The Balaban J connectivity index is 2.19. The van der Waals surface area contributed by atoms with E-state index in [1.165, 1.54) is 5.56 Å². The Morgan fingerprint density at radius 1 is 1.18 bits per heavy atom. The van der Waals surface area contributed by atoms with E-state index in [-0.39, 0.29) is 11.6 Å². The molecular formula is C20H24O2. The highest BCUT2D eigenvalue weighted by atomic mass is 16.6. The summed E-state index contributed by atoms with van der Waals surface area (Å²) in [5.41, 5.74) is 6.50. The Kier molecular flexibility index (Phi) is 3.53. The fourth-order valence-corrected chi connectivity index (χ4v) is 4.63. The quantitative estimate of drug-likeness (QED) is 0.595. The third kappa shape index (κ3) is 2.14. The van der Waals surface area contributed by atoms with Crippen LogP contribution in [-0.2, 0) is 14.9 Å². The zero-order valence-corrected chi connectivity index (χ0v) is 13.8. The lowest BCUT2D eigenvalue weighted by atomic mass is 9.71. The monoisotopic (exact) mass is 296 g/mol. The second-order valence-electron chi connectivity index (χ2n) is 7.05. The van der Waals surface area contributed by atoms with E-state index < -0.39 is 5.41 Å². The van der Waals surface area contributed by atoms with Gasteiger partial charge in [-0.25, -0.2) is 0 Å². The number of carbonyl (C=O) groups excluding carboxylic acids is 1. The van der Waals surface area contributed by atoms with Crippen LogP contribution >= 0.6 is 0 Å². The molecule has 2 aliphatic rings. The van der Waals surface area contributed by atoms with Gasteiger partial charge in [0.05, 0.1) is 0 Å². The van der Waals surface area contributed by atoms with Crippen LogP contribution in [0.5, 0.6) is 0 Å². The molecule has 3 rings (SSSR count). The maximum absolute atomic E-state index is 12.9. The number of rotatable bonds is 2. The molecule has 0 amide bonds. The van der Waals surface area contributed by atoms with Gasteiger partial charge in [0.1, 0.15) is 11.0 Å². The molecule has 1 aliphatic heterocycles. The average Bonchev–Trinajstić information content (AvgIpc) is 2.95. The predicted molar refractivity (Wildman–Crippen MR) is 87.9 cm³/mol. The van der Waals surface area contributed by atoms with Gasteiger partial charge in [0.15, 0.2) is 0 Å². The lowest BCUT2D eigenvalue weighted by molar-refractivity contribution is -0.150. The molecule has 2 nitrogen and oxygen atoms in total. The lowest BCUT2D eigenvalue weighted by Crippen LogP contribution is -2.32. The number of ether oxygens (including phenoxy) is 1. The van der Waals surface area contributed by atoms with Crippen LogP contribution in [-0.4, -0.2) is 11.6 Å². The number of benzene rings is 1. The Labute approximate surface area is 132 Å². The van der Waals surface area contributed by atoms with Crippen LogP contribution in [0.3, 0.4) is 0 Å². The van der Waals surface area contributed by atoms with E-state index in [4.69, 9.17) is 4.74 Å². The lowest BCUT2D eigenvalue weighted by Gasteiger charge is -2.27. The number of hydrogen-bond donors (Lipinski definition) is 0. The minimum Gasteiger partial charge on any atom is -0.458 e. The zero-order chi connectivity index (χ0) is 16.0. The van der Waals surface area contributed by atoms with Gasteiger partial charge in [-0.1, -0.05) is 24.3 Å². The van der Waals surface area contributed by atoms with Crippen molar-refractivity contribution < 1.29 is 9.53 Å². The van der Waals surface area contributed by atoms with Crippen LogP contribution in [0.2, 0.25) is 0 Å². The van der Waals surface area contributed by atoms with E-state index in [1.807, 2.05) is 6.08 Å². The molecule has 2 fully saturated rings. The Morgan fingerprint density at radius 2 is 1.77 bits per heavy atom. The molecule has 1 atom stereocenters.